The number of morpholine rings is 1. The van der Waals surface area contributed by atoms with Crippen LogP contribution in [0.15, 0.2) is 12.5 Å². The van der Waals surface area contributed by atoms with Crippen LogP contribution in [-0.4, -0.2) is 51.8 Å². The molecule has 0 radical (unpaired) electrons. The number of nitrogens with zero attached hydrogens (tertiary/aromatic N) is 3. The average molecular weight is 239 g/mol. The minimum absolute atomic E-state index is 0.587. The fraction of sp³-hybridized carbons (Fsp3) is 0.636. The number of hydrogen-bond donors (Lipinski definition) is 1. The van der Waals surface area contributed by atoms with Crippen LogP contribution in [0, 0.1) is 0 Å². The molecule has 0 aliphatic carbocycles. The number of ether oxygens (including phenoxy) is 1. The van der Waals surface area contributed by atoms with Crippen molar-refractivity contribution in [1.82, 2.24) is 14.5 Å². The van der Waals surface area contributed by atoms with Crippen molar-refractivity contribution in [3.05, 3.63) is 18.2 Å². The fourth-order valence-corrected chi connectivity index (χ4v) is 2.13. The maximum Gasteiger partial charge on any atom is 0.327 e. The van der Waals surface area contributed by atoms with E-state index in [0.717, 1.165) is 12.2 Å². The van der Waals surface area contributed by atoms with Gasteiger partial charge in [0.1, 0.15) is 0 Å². The molecule has 1 N–H and O–H groups in total. The Hall–Kier alpha value is -1.40. The van der Waals surface area contributed by atoms with Crippen LogP contribution in [0.3, 0.4) is 0 Å². The molecule has 6 nitrogen and oxygen atoms in total. The summed E-state index contributed by atoms with van der Waals surface area (Å²) in [5.41, 5.74) is 0.738. The predicted molar refractivity (Wildman–Crippen MR) is 60.7 cm³/mol. The van der Waals surface area contributed by atoms with Gasteiger partial charge in [0.25, 0.3) is 0 Å². The Morgan fingerprint density at radius 1 is 1.59 bits per heavy atom. The van der Waals surface area contributed by atoms with Gasteiger partial charge in [0.2, 0.25) is 0 Å². The average Bonchev–Trinajstić information content (AvgIpc) is 2.78. The van der Waals surface area contributed by atoms with E-state index in [9.17, 15) is 9.90 Å². The van der Waals surface area contributed by atoms with Gasteiger partial charge in [0.05, 0.1) is 31.4 Å². The molecule has 1 aromatic rings. The third-order valence-corrected chi connectivity index (χ3v) is 3.01. The molecular weight excluding hydrogens is 222 g/mol. The van der Waals surface area contributed by atoms with Gasteiger partial charge in [-0.2, -0.15) is 0 Å². The summed E-state index contributed by atoms with van der Waals surface area (Å²) < 4.78 is 7.12. The van der Waals surface area contributed by atoms with E-state index < -0.39 is 12.0 Å². The molecule has 0 spiro atoms. The molecule has 1 saturated heterocycles. The monoisotopic (exact) mass is 239 g/mol. The van der Waals surface area contributed by atoms with Gasteiger partial charge in [0.15, 0.2) is 6.04 Å². The van der Waals surface area contributed by atoms with Gasteiger partial charge in [-0.25, -0.2) is 4.98 Å². The molecule has 1 aliphatic heterocycles. The van der Waals surface area contributed by atoms with Gasteiger partial charge in [-0.3, -0.25) is 9.69 Å². The van der Waals surface area contributed by atoms with E-state index in [-0.39, 0.29) is 0 Å². The number of hydrogen-bond acceptors (Lipinski definition) is 4. The highest BCUT2D eigenvalue weighted by molar-refractivity contribution is 5.74. The number of aryl methyl sites for hydroxylation is 1. The molecule has 1 unspecified atom stereocenters. The van der Waals surface area contributed by atoms with Crippen molar-refractivity contribution < 1.29 is 14.6 Å². The smallest absolute Gasteiger partial charge is 0.327 e. The van der Waals surface area contributed by atoms with Crippen molar-refractivity contribution >= 4 is 5.97 Å². The molecule has 17 heavy (non-hydrogen) atoms. The second kappa shape index (κ2) is 5.29. The van der Waals surface area contributed by atoms with Crippen LogP contribution in [-0.2, 0) is 16.1 Å². The standard InChI is InChI=1S/C11H17N3O3/c1-2-13-8-12-7-9(13)10(11(15)16)14-3-5-17-6-4-14/h7-8,10H,2-6H2,1H3,(H,15,16). The second-order valence-corrected chi connectivity index (χ2v) is 3.99. The Morgan fingerprint density at radius 3 is 2.88 bits per heavy atom. The first-order valence-corrected chi connectivity index (χ1v) is 5.78. The summed E-state index contributed by atoms with van der Waals surface area (Å²) in [4.78, 5) is 17.4. The molecule has 2 rings (SSSR count). The minimum atomic E-state index is -0.831. The van der Waals surface area contributed by atoms with E-state index in [1.165, 1.54) is 0 Å². The van der Waals surface area contributed by atoms with Gasteiger partial charge in [-0.15, -0.1) is 0 Å². The normalized spacial score (nSPS) is 19.1. The SMILES string of the molecule is CCn1cncc1C(C(=O)O)N1CCOCC1. The first-order chi connectivity index (χ1) is 8.24. The lowest BCUT2D eigenvalue weighted by Gasteiger charge is -2.32. The van der Waals surface area contributed by atoms with E-state index in [2.05, 4.69) is 4.98 Å². The van der Waals surface area contributed by atoms with Crippen molar-refractivity contribution in [3.63, 3.8) is 0 Å². The van der Waals surface area contributed by atoms with E-state index in [1.807, 2.05) is 16.4 Å². The molecule has 0 bridgehead atoms. The van der Waals surface area contributed by atoms with Gasteiger partial charge < -0.3 is 14.4 Å². The zero-order valence-electron chi connectivity index (χ0n) is 9.87. The number of carbonyl (C=O) groups is 1. The van der Waals surface area contributed by atoms with Crippen molar-refractivity contribution in [3.8, 4) is 0 Å². The highest BCUT2D eigenvalue weighted by atomic mass is 16.5. The molecule has 2 heterocycles. The molecule has 0 amide bonds. The van der Waals surface area contributed by atoms with Gasteiger partial charge >= 0.3 is 5.97 Å². The van der Waals surface area contributed by atoms with Gasteiger partial charge in [0, 0.05) is 19.6 Å². The molecule has 1 aliphatic rings. The van der Waals surface area contributed by atoms with Crippen LogP contribution in [0.4, 0.5) is 0 Å². The van der Waals surface area contributed by atoms with E-state index >= 15 is 0 Å². The maximum absolute atomic E-state index is 11.4. The Kier molecular flexibility index (Phi) is 3.75. The van der Waals surface area contributed by atoms with Crippen molar-refractivity contribution in [2.75, 3.05) is 26.3 Å². The summed E-state index contributed by atoms with van der Waals surface area (Å²) in [7, 11) is 0. The lowest BCUT2D eigenvalue weighted by Crippen LogP contribution is -2.42. The lowest BCUT2D eigenvalue weighted by molar-refractivity contribution is -0.145. The van der Waals surface area contributed by atoms with E-state index in [1.54, 1.807) is 12.5 Å². The molecule has 94 valence electrons. The first-order valence-electron chi connectivity index (χ1n) is 5.78. The summed E-state index contributed by atoms with van der Waals surface area (Å²) in [6, 6.07) is -0.624. The highest BCUT2D eigenvalue weighted by Crippen LogP contribution is 2.21. The summed E-state index contributed by atoms with van der Waals surface area (Å²) in [6.07, 6.45) is 3.31. The number of rotatable bonds is 4. The topological polar surface area (TPSA) is 67.6 Å². The molecule has 1 aromatic heterocycles. The second-order valence-electron chi connectivity index (χ2n) is 3.99. The molecular formula is C11H17N3O3. The van der Waals surface area contributed by atoms with Gasteiger partial charge in [-0.1, -0.05) is 0 Å². The molecule has 6 heteroatoms. The summed E-state index contributed by atoms with van der Waals surface area (Å²) >= 11 is 0. The minimum Gasteiger partial charge on any atom is -0.480 e. The maximum atomic E-state index is 11.4. The van der Waals surface area contributed by atoms with Crippen LogP contribution in [0.2, 0.25) is 0 Å². The molecule has 0 saturated carbocycles. The van der Waals surface area contributed by atoms with E-state index in [0.29, 0.717) is 26.3 Å². The fourth-order valence-electron chi connectivity index (χ4n) is 2.13. The number of aromatic nitrogens is 2. The highest BCUT2D eigenvalue weighted by Gasteiger charge is 2.31. The molecule has 0 aromatic carbocycles. The van der Waals surface area contributed by atoms with Crippen molar-refractivity contribution in [2.24, 2.45) is 0 Å². The van der Waals surface area contributed by atoms with E-state index in [4.69, 9.17) is 4.74 Å². The third kappa shape index (κ3) is 2.48. The summed E-state index contributed by atoms with van der Waals surface area (Å²) in [6.45, 7) is 5.17. The number of carboxylic acid groups (broad SMARTS) is 1. The Labute approximate surface area is 99.8 Å². The Balaban J connectivity index is 2.25. The number of aliphatic carboxylic acids is 1. The number of carboxylic acids is 1. The Bertz CT molecular complexity index is 385. The third-order valence-electron chi connectivity index (χ3n) is 3.01. The van der Waals surface area contributed by atoms with Gasteiger partial charge in [-0.05, 0) is 6.92 Å². The van der Waals surface area contributed by atoms with Crippen LogP contribution in [0.5, 0.6) is 0 Å². The molecule has 1 atom stereocenters. The first kappa shape index (κ1) is 12.1. The summed E-state index contributed by atoms with van der Waals surface area (Å²) in [5.74, 6) is -0.831. The van der Waals surface area contributed by atoms with Crippen LogP contribution in [0.1, 0.15) is 18.7 Å². The molecule has 1 fully saturated rings. The van der Waals surface area contributed by atoms with Crippen molar-refractivity contribution in [2.45, 2.75) is 19.5 Å². The zero-order valence-corrected chi connectivity index (χ0v) is 9.87. The van der Waals surface area contributed by atoms with Crippen LogP contribution >= 0.6 is 0 Å². The van der Waals surface area contributed by atoms with Crippen molar-refractivity contribution in [1.29, 1.82) is 0 Å². The zero-order chi connectivity index (χ0) is 12.3. The number of imidazole rings is 1. The largest absolute Gasteiger partial charge is 0.480 e. The predicted octanol–water partition coefficient (Wildman–Crippen LogP) is 0.361. The summed E-state index contributed by atoms with van der Waals surface area (Å²) in [5, 5.41) is 9.39. The van der Waals surface area contributed by atoms with Crippen LogP contribution in [0.25, 0.3) is 0 Å². The quantitative estimate of drug-likeness (QED) is 0.821. The lowest BCUT2D eigenvalue weighted by atomic mass is 10.1. The Morgan fingerprint density at radius 2 is 2.29 bits per heavy atom. The van der Waals surface area contributed by atoms with Crippen LogP contribution < -0.4 is 0 Å².